The zero-order valence-electron chi connectivity index (χ0n) is 12.4. The van der Waals surface area contributed by atoms with E-state index in [2.05, 4.69) is 20.1 Å². The Hall–Kier alpha value is -1.88. The third-order valence-electron chi connectivity index (χ3n) is 3.93. The molecule has 0 spiro atoms. The lowest BCUT2D eigenvalue weighted by Gasteiger charge is -2.08. The topological polar surface area (TPSA) is 59.8 Å². The van der Waals surface area contributed by atoms with Crippen LogP contribution in [0.15, 0.2) is 24.3 Å². The van der Waals surface area contributed by atoms with Crippen LogP contribution in [0.5, 0.6) is 0 Å². The summed E-state index contributed by atoms with van der Waals surface area (Å²) in [5.41, 5.74) is 0.615. The van der Waals surface area contributed by atoms with Gasteiger partial charge in [0.1, 0.15) is 11.6 Å². The number of fused-ring (bicyclic) bond motifs is 1. The molecule has 22 heavy (non-hydrogen) atoms. The van der Waals surface area contributed by atoms with Crippen molar-refractivity contribution in [2.24, 2.45) is 0 Å². The van der Waals surface area contributed by atoms with Crippen LogP contribution >= 0.6 is 11.6 Å². The quantitative estimate of drug-likeness (QED) is 0.942. The highest BCUT2D eigenvalue weighted by atomic mass is 35.5. The number of carbonyl (C=O) groups excluding carboxylic acids is 1. The molecule has 2 heterocycles. The number of nitrogens with zero attached hydrogens (tertiary/aromatic N) is 3. The van der Waals surface area contributed by atoms with Crippen molar-refractivity contribution in [3.8, 4) is 0 Å². The van der Waals surface area contributed by atoms with Gasteiger partial charge in [-0.1, -0.05) is 18.0 Å². The molecule has 6 heteroatoms. The Bertz CT molecular complexity index is 651. The normalized spacial score (nSPS) is 14.2. The molecular weight excluding hydrogens is 300 g/mol. The van der Waals surface area contributed by atoms with Gasteiger partial charge in [0.15, 0.2) is 0 Å². The molecule has 0 saturated carbocycles. The van der Waals surface area contributed by atoms with E-state index < -0.39 is 0 Å². The van der Waals surface area contributed by atoms with Crippen molar-refractivity contribution in [2.45, 2.75) is 38.6 Å². The Balaban J connectivity index is 1.56. The van der Waals surface area contributed by atoms with Gasteiger partial charge in [-0.25, -0.2) is 0 Å². The summed E-state index contributed by atoms with van der Waals surface area (Å²) in [4.78, 5) is 12.0. The zero-order chi connectivity index (χ0) is 15.4. The largest absolute Gasteiger partial charge is 0.352 e. The fourth-order valence-electron chi connectivity index (χ4n) is 2.72. The van der Waals surface area contributed by atoms with Crippen molar-refractivity contribution < 1.29 is 4.79 Å². The monoisotopic (exact) mass is 318 g/mol. The summed E-state index contributed by atoms with van der Waals surface area (Å²) >= 11 is 5.82. The number of halogens is 1. The van der Waals surface area contributed by atoms with Crippen molar-refractivity contribution in [3.05, 3.63) is 46.5 Å². The first-order valence-electron chi connectivity index (χ1n) is 7.69. The minimum Gasteiger partial charge on any atom is -0.352 e. The molecule has 116 valence electrons. The van der Waals surface area contributed by atoms with Gasteiger partial charge in [-0.3, -0.25) is 4.79 Å². The molecule has 0 aliphatic carbocycles. The highest BCUT2D eigenvalue weighted by Crippen LogP contribution is 2.14. The first-order valence-corrected chi connectivity index (χ1v) is 8.06. The van der Waals surface area contributed by atoms with Crippen LogP contribution in [-0.4, -0.2) is 27.2 Å². The Morgan fingerprint density at radius 3 is 2.82 bits per heavy atom. The van der Waals surface area contributed by atoms with Gasteiger partial charge in [0.05, 0.1) is 0 Å². The fraction of sp³-hybridized carbons (Fsp3) is 0.438. The molecule has 0 unspecified atom stereocenters. The molecular formula is C16H19ClN4O. The predicted molar refractivity (Wildman–Crippen MR) is 85.1 cm³/mol. The molecule has 1 aromatic heterocycles. The molecule has 0 fully saturated rings. The van der Waals surface area contributed by atoms with Crippen molar-refractivity contribution >= 4 is 17.5 Å². The lowest BCUT2D eigenvalue weighted by Crippen LogP contribution is -2.26. The summed E-state index contributed by atoms with van der Waals surface area (Å²) in [6, 6.07) is 6.88. The van der Waals surface area contributed by atoms with E-state index in [-0.39, 0.29) is 5.91 Å². The van der Waals surface area contributed by atoms with Crippen molar-refractivity contribution in [3.63, 3.8) is 0 Å². The van der Waals surface area contributed by atoms with E-state index in [1.54, 1.807) is 24.3 Å². The van der Waals surface area contributed by atoms with E-state index in [1.807, 2.05) is 0 Å². The van der Waals surface area contributed by atoms with Gasteiger partial charge in [-0.05, 0) is 37.1 Å². The minimum atomic E-state index is -0.0905. The number of hydrogen-bond donors (Lipinski definition) is 1. The number of benzene rings is 1. The predicted octanol–water partition coefficient (Wildman–Crippen LogP) is 2.63. The van der Waals surface area contributed by atoms with E-state index in [4.69, 9.17) is 11.6 Å². The van der Waals surface area contributed by atoms with Gasteiger partial charge in [0.2, 0.25) is 0 Å². The average molecular weight is 319 g/mol. The number of rotatable bonds is 4. The molecule has 0 atom stereocenters. The van der Waals surface area contributed by atoms with E-state index in [0.717, 1.165) is 24.6 Å². The van der Waals surface area contributed by atoms with Crippen LogP contribution in [0.3, 0.4) is 0 Å². The maximum Gasteiger partial charge on any atom is 0.251 e. The molecule has 5 nitrogen and oxygen atoms in total. The summed E-state index contributed by atoms with van der Waals surface area (Å²) in [7, 11) is 0. The number of aryl methyl sites for hydroxylation is 1. The first kappa shape index (κ1) is 15.0. The summed E-state index contributed by atoms with van der Waals surface area (Å²) in [5, 5.41) is 12.1. The number of nitrogens with one attached hydrogen (secondary N) is 1. The number of hydrogen-bond acceptors (Lipinski definition) is 3. The smallest absolute Gasteiger partial charge is 0.251 e. The second kappa shape index (κ2) is 6.92. The summed E-state index contributed by atoms with van der Waals surface area (Å²) in [5.74, 6) is 1.96. The van der Waals surface area contributed by atoms with Gasteiger partial charge in [-0.15, -0.1) is 10.2 Å². The number of amides is 1. The second-order valence-electron chi connectivity index (χ2n) is 5.51. The van der Waals surface area contributed by atoms with Crippen LogP contribution in [0.2, 0.25) is 5.02 Å². The second-order valence-corrected chi connectivity index (χ2v) is 5.94. The van der Waals surface area contributed by atoms with E-state index in [0.29, 0.717) is 23.6 Å². The lowest BCUT2D eigenvalue weighted by atomic mass is 10.2. The lowest BCUT2D eigenvalue weighted by molar-refractivity contribution is 0.0954. The van der Waals surface area contributed by atoms with Crippen LogP contribution in [0.1, 0.15) is 41.3 Å². The molecule has 0 radical (unpaired) electrons. The third-order valence-corrected chi connectivity index (χ3v) is 4.18. The highest BCUT2D eigenvalue weighted by molar-refractivity contribution is 6.30. The van der Waals surface area contributed by atoms with Crippen LogP contribution in [-0.2, 0) is 19.4 Å². The Morgan fingerprint density at radius 1 is 1.18 bits per heavy atom. The van der Waals surface area contributed by atoms with Crippen molar-refractivity contribution in [1.82, 2.24) is 20.1 Å². The minimum absolute atomic E-state index is 0.0905. The van der Waals surface area contributed by atoms with Gasteiger partial charge < -0.3 is 9.88 Å². The Kier molecular flexibility index (Phi) is 4.73. The maximum atomic E-state index is 12.0. The van der Waals surface area contributed by atoms with Gasteiger partial charge in [-0.2, -0.15) is 0 Å². The van der Waals surface area contributed by atoms with E-state index in [9.17, 15) is 4.79 Å². The van der Waals surface area contributed by atoms with Crippen molar-refractivity contribution in [1.29, 1.82) is 0 Å². The SMILES string of the molecule is O=C(NCCc1nnc2n1CCCCC2)c1ccc(Cl)cc1. The molecule has 1 aliphatic rings. The fourth-order valence-corrected chi connectivity index (χ4v) is 2.85. The van der Waals surface area contributed by atoms with E-state index >= 15 is 0 Å². The van der Waals surface area contributed by atoms with Crippen LogP contribution < -0.4 is 5.32 Å². The van der Waals surface area contributed by atoms with Crippen LogP contribution in [0, 0.1) is 0 Å². The Labute approximate surface area is 134 Å². The van der Waals surface area contributed by atoms with E-state index in [1.165, 1.54) is 19.3 Å². The molecule has 1 N–H and O–H groups in total. The first-order chi connectivity index (χ1) is 10.7. The Morgan fingerprint density at radius 2 is 2.00 bits per heavy atom. The maximum absolute atomic E-state index is 12.0. The summed E-state index contributed by atoms with van der Waals surface area (Å²) in [6.07, 6.45) is 5.31. The molecule has 2 aromatic rings. The third kappa shape index (κ3) is 3.47. The summed E-state index contributed by atoms with van der Waals surface area (Å²) < 4.78 is 2.21. The zero-order valence-corrected chi connectivity index (χ0v) is 13.1. The van der Waals surface area contributed by atoms with Crippen molar-refractivity contribution in [2.75, 3.05) is 6.54 Å². The molecule has 3 rings (SSSR count). The molecule has 1 amide bonds. The molecule has 0 bridgehead atoms. The number of carbonyl (C=O) groups is 1. The van der Waals surface area contributed by atoms with Gasteiger partial charge in [0.25, 0.3) is 5.91 Å². The highest BCUT2D eigenvalue weighted by Gasteiger charge is 2.14. The standard InChI is InChI=1S/C16H19ClN4O/c17-13-7-5-12(6-8-13)16(22)18-10-9-15-20-19-14-4-2-1-3-11-21(14)15/h5-8H,1-4,9-11H2,(H,18,22). The average Bonchev–Trinajstić information content (AvgIpc) is 2.76. The number of aromatic nitrogens is 3. The molecule has 1 aromatic carbocycles. The van der Waals surface area contributed by atoms with Crippen LogP contribution in [0.25, 0.3) is 0 Å². The van der Waals surface area contributed by atoms with Gasteiger partial charge >= 0.3 is 0 Å². The van der Waals surface area contributed by atoms with Crippen LogP contribution in [0.4, 0.5) is 0 Å². The molecule has 1 aliphatic heterocycles. The van der Waals surface area contributed by atoms with Gasteiger partial charge in [0, 0.05) is 36.5 Å². The summed E-state index contributed by atoms with van der Waals surface area (Å²) in [6.45, 7) is 1.54. The molecule has 0 saturated heterocycles.